The predicted molar refractivity (Wildman–Crippen MR) is 50.0 cm³/mol. The van der Waals surface area contributed by atoms with Crippen molar-refractivity contribution in [3.63, 3.8) is 0 Å². The van der Waals surface area contributed by atoms with Gasteiger partial charge in [-0.2, -0.15) is 0 Å². The molecule has 1 N–H and O–H groups in total. The van der Waals surface area contributed by atoms with Gasteiger partial charge in [0.1, 0.15) is 0 Å². The van der Waals surface area contributed by atoms with Crippen molar-refractivity contribution in [2.75, 3.05) is 33.4 Å². The van der Waals surface area contributed by atoms with E-state index in [2.05, 4.69) is 4.74 Å². The first kappa shape index (κ1) is 11.9. The Bertz CT molecular complexity index is 237. The fourth-order valence-corrected chi connectivity index (χ4v) is 1.33. The van der Waals surface area contributed by atoms with Crippen LogP contribution in [0.3, 0.4) is 0 Å². The monoisotopic (exact) mass is 217 g/mol. The summed E-state index contributed by atoms with van der Waals surface area (Å²) >= 11 is 0. The van der Waals surface area contributed by atoms with E-state index in [0.29, 0.717) is 26.3 Å². The number of esters is 1. The molecule has 6 heteroatoms. The molecule has 1 aliphatic heterocycles. The number of morpholine rings is 1. The highest BCUT2D eigenvalue weighted by Gasteiger charge is 2.24. The summed E-state index contributed by atoms with van der Waals surface area (Å²) in [6.07, 6.45) is -1.60. The van der Waals surface area contributed by atoms with Gasteiger partial charge in [-0.1, -0.05) is 0 Å². The lowest BCUT2D eigenvalue weighted by Crippen LogP contribution is -2.42. The Morgan fingerprint density at radius 1 is 1.47 bits per heavy atom. The van der Waals surface area contributed by atoms with Gasteiger partial charge in [0.15, 0.2) is 6.10 Å². The number of carbonyl (C=O) groups is 2. The molecule has 0 spiro atoms. The van der Waals surface area contributed by atoms with Crippen LogP contribution in [0, 0.1) is 0 Å². The molecule has 6 nitrogen and oxygen atoms in total. The number of aliphatic hydroxyl groups excluding tert-OH is 1. The largest absolute Gasteiger partial charge is 0.467 e. The summed E-state index contributed by atoms with van der Waals surface area (Å²) in [5, 5.41) is 9.27. The minimum atomic E-state index is -1.37. The molecule has 86 valence electrons. The van der Waals surface area contributed by atoms with E-state index in [1.54, 1.807) is 4.90 Å². The average molecular weight is 217 g/mol. The maximum atomic E-state index is 11.5. The number of amides is 1. The Hall–Kier alpha value is -1.14. The molecule has 0 saturated carbocycles. The Morgan fingerprint density at radius 3 is 2.60 bits per heavy atom. The summed E-state index contributed by atoms with van der Waals surface area (Å²) in [4.78, 5) is 24.0. The van der Waals surface area contributed by atoms with E-state index in [1.807, 2.05) is 0 Å². The molecule has 0 aromatic rings. The van der Waals surface area contributed by atoms with E-state index in [-0.39, 0.29) is 12.3 Å². The van der Waals surface area contributed by atoms with Crippen molar-refractivity contribution in [2.45, 2.75) is 12.5 Å². The lowest BCUT2D eigenvalue weighted by Gasteiger charge is -2.27. The zero-order valence-electron chi connectivity index (χ0n) is 8.64. The van der Waals surface area contributed by atoms with E-state index in [9.17, 15) is 14.7 Å². The molecule has 1 atom stereocenters. The fraction of sp³-hybridized carbons (Fsp3) is 0.778. The molecule has 15 heavy (non-hydrogen) atoms. The lowest BCUT2D eigenvalue weighted by molar-refractivity contribution is -0.154. The normalized spacial score (nSPS) is 18.4. The highest BCUT2D eigenvalue weighted by atomic mass is 16.5. The van der Waals surface area contributed by atoms with E-state index in [1.165, 1.54) is 7.11 Å². The third kappa shape index (κ3) is 3.49. The first-order valence-electron chi connectivity index (χ1n) is 4.76. The average Bonchev–Trinajstić information content (AvgIpc) is 2.29. The van der Waals surface area contributed by atoms with Gasteiger partial charge >= 0.3 is 5.97 Å². The Balaban J connectivity index is 2.36. The zero-order valence-corrected chi connectivity index (χ0v) is 8.64. The van der Waals surface area contributed by atoms with Gasteiger partial charge in [0.25, 0.3) is 0 Å². The van der Waals surface area contributed by atoms with Crippen molar-refractivity contribution in [1.82, 2.24) is 4.90 Å². The number of hydrogen-bond donors (Lipinski definition) is 1. The van der Waals surface area contributed by atoms with Crippen LogP contribution in [0.15, 0.2) is 0 Å². The number of carbonyl (C=O) groups excluding carboxylic acids is 2. The molecule has 0 aromatic carbocycles. The summed E-state index contributed by atoms with van der Waals surface area (Å²) in [5.74, 6) is -1.03. The number of hydrogen-bond acceptors (Lipinski definition) is 5. The molecule has 0 unspecified atom stereocenters. The third-order valence-electron chi connectivity index (χ3n) is 2.21. The van der Waals surface area contributed by atoms with Crippen molar-refractivity contribution in [3.8, 4) is 0 Å². The summed E-state index contributed by atoms with van der Waals surface area (Å²) < 4.78 is 9.39. The molecule has 1 aliphatic rings. The van der Waals surface area contributed by atoms with Gasteiger partial charge in [-0.25, -0.2) is 4.79 Å². The highest BCUT2D eigenvalue weighted by Crippen LogP contribution is 2.03. The van der Waals surface area contributed by atoms with E-state index in [0.717, 1.165) is 0 Å². The SMILES string of the molecule is COC(=O)[C@@H](O)CC(=O)N1CCOCC1. The van der Waals surface area contributed by atoms with Crippen LogP contribution >= 0.6 is 0 Å². The quantitative estimate of drug-likeness (QED) is 0.599. The first-order valence-corrected chi connectivity index (χ1v) is 4.76. The molecule has 0 aliphatic carbocycles. The number of nitrogens with zero attached hydrogens (tertiary/aromatic N) is 1. The fourth-order valence-electron chi connectivity index (χ4n) is 1.33. The maximum Gasteiger partial charge on any atom is 0.335 e. The Labute approximate surface area is 87.8 Å². The standard InChI is InChI=1S/C9H15NO5/c1-14-9(13)7(11)6-8(12)10-2-4-15-5-3-10/h7,11H,2-6H2,1H3/t7-/m0/s1. The first-order chi connectivity index (χ1) is 7.15. The predicted octanol–water partition coefficient (Wildman–Crippen LogP) is -1.23. The third-order valence-corrected chi connectivity index (χ3v) is 2.21. The molecule has 1 rings (SSSR count). The summed E-state index contributed by atoms with van der Waals surface area (Å²) in [7, 11) is 1.17. The van der Waals surface area contributed by atoms with Gasteiger partial charge in [0.2, 0.25) is 5.91 Å². The van der Waals surface area contributed by atoms with Gasteiger partial charge in [0, 0.05) is 13.1 Å². The van der Waals surface area contributed by atoms with Gasteiger partial charge in [-0.15, -0.1) is 0 Å². The Kier molecular flexibility index (Phi) is 4.51. The molecule has 1 heterocycles. The second kappa shape index (κ2) is 5.67. The topological polar surface area (TPSA) is 76.1 Å². The zero-order chi connectivity index (χ0) is 11.3. The maximum absolute atomic E-state index is 11.5. The smallest absolute Gasteiger partial charge is 0.335 e. The highest BCUT2D eigenvalue weighted by molar-refractivity contribution is 5.84. The summed E-state index contributed by atoms with van der Waals surface area (Å²) in [6.45, 7) is 2.01. The van der Waals surface area contributed by atoms with E-state index < -0.39 is 12.1 Å². The molecular formula is C9H15NO5. The number of methoxy groups -OCH3 is 1. The number of aliphatic hydroxyl groups is 1. The molecular weight excluding hydrogens is 202 g/mol. The van der Waals surface area contributed by atoms with Crippen LogP contribution in [0.5, 0.6) is 0 Å². The molecule has 0 bridgehead atoms. The van der Waals surface area contributed by atoms with Crippen LogP contribution in [-0.4, -0.2) is 61.4 Å². The van der Waals surface area contributed by atoms with Crippen molar-refractivity contribution in [3.05, 3.63) is 0 Å². The molecule has 0 radical (unpaired) electrons. The second-order valence-electron chi connectivity index (χ2n) is 3.24. The minimum Gasteiger partial charge on any atom is -0.467 e. The minimum absolute atomic E-state index is 0.229. The van der Waals surface area contributed by atoms with Crippen LogP contribution in [0.4, 0.5) is 0 Å². The van der Waals surface area contributed by atoms with Gasteiger partial charge < -0.3 is 19.5 Å². The van der Waals surface area contributed by atoms with Crippen molar-refractivity contribution >= 4 is 11.9 Å². The second-order valence-corrected chi connectivity index (χ2v) is 3.24. The van der Waals surface area contributed by atoms with Crippen molar-refractivity contribution < 1.29 is 24.2 Å². The molecule has 1 fully saturated rings. The van der Waals surface area contributed by atoms with E-state index >= 15 is 0 Å². The van der Waals surface area contributed by atoms with Crippen molar-refractivity contribution in [1.29, 1.82) is 0 Å². The van der Waals surface area contributed by atoms with Crippen molar-refractivity contribution in [2.24, 2.45) is 0 Å². The summed E-state index contributed by atoms with van der Waals surface area (Å²) in [6, 6.07) is 0. The van der Waals surface area contributed by atoms with Crippen LogP contribution < -0.4 is 0 Å². The number of rotatable bonds is 3. The lowest BCUT2D eigenvalue weighted by atomic mass is 10.2. The molecule has 1 amide bonds. The van der Waals surface area contributed by atoms with E-state index in [4.69, 9.17) is 4.74 Å². The number of ether oxygens (including phenoxy) is 2. The van der Waals surface area contributed by atoms with Crippen LogP contribution in [0.25, 0.3) is 0 Å². The van der Waals surface area contributed by atoms with Crippen LogP contribution in [0.2, 0.25) is 0 Å². The molecule has 0 aromatic heterocycles. The van der Waals surface area contributed by atoms with Gasteiger partial charge in [0.05, 0.1) is 26.7 Å². The summed E-state index contributed by atoms with van der Waals surface area (Å²) in [5.41, 5.74) is 0. The van der Waals surface area contributed by atoms with Gasteiger partial charge in [-0.05, 0) is 0 Å². The van der Waals surface area contributed by atoms with Crippen LogP contribution in [-0.2, 0) is 19.1 Å². The molecule has 1 saturated heterocycles. The Morgan fingerprint density at radius 2 is 2.07 bits per heavy atom. The van der Waals surface area contributed by atoms with Crippen LogP contribution in [0.1, 0.15) is 6.42 Å². The van der Waals surface area contributed by atoms with Gasteiger partial charge in [-0.3, -0.25) is 4.79 Å².